The van der Waals surface area contributed by atoms with Crippen LogP contribution in [-0.2, 0) is 4.79 Å². The van der Waals surface area contributed by atoms with E-state index in [0.29, 0.717) is 6.54 Å². The third-order valence-corrected chi connectivity index (χ3v) is 3.17. The number of carboxylic acids is 1. The standard InChI is InChI=1S/C11H21NO3/c1-9(7-13)6-12-5-3-4-11(2,8-12)10(14)15/h9,13H,3-8H2,1-2H3,(H,14,15). The van der Waals surface area contributed by atoms with Gasteiger partial charge in [0.05, 0.1) is 5.41 Å². The number of rotatable bonds is 4. The summed E-state index contributed by atoms with van der Waals surface area (Å²) >= 11 is 0. The molecule has 0 amide bonds. The van der Waals surface area contributed by atoms with Crippen LogP contribution in [0, 0.1) is 11.3 Å². The van der Waals surface area contributed by atoms with Crippen molar-refractivity contribution >= 4 is 5.97 Å². The fraction of sp³-hybridized carbons (Fsp3) is 0.909. The van der Waals surface area contributed by atoms with Gasteiger partial charge in [0.15, 0.2) is 0 Å². The molecule has 2 N–H and O–H groups in total. The van der Waals surface area contributed by atoms with Crippen molar-refractivity contribution in [3.8, 4) is 0 Å². The lowest BCUT2D eigenvalue weighted by atomic mass is 9.82. The van der Waals surface area contributed by atoms with Crippen molar-refractivity contribution in [3.05, 3.63) is 0 Å². The maximum Gasteiger partial charge on any atom is 0.310 e. The predicted molar refractivity (Wildman–Crippen MR) is 57.7 cm³/mol. The summed E-state index contributed by atoms with van der Waals surface area (Å²) < 4.78 is 0. The highest BCUT2D eigenvalue weighted by atomic mass is 16.4. The van der Waals surface area contributed by atoms with Crippen molar-refractivity contribution in [2.45, 2.75) is 26.7 Å². The van der Waals surface area contributed by atoms with Gasteiger partial charge >= 0.3 is 5.97 Å². The molecule has 0 aromatic rings. The van der Waals surface area contributed by atoms with Crippen LogP contribution in [0.2, 0.25) is 0 Å². The van der Waals surface area contributed by atoms with Gasteiger partial charge in [0.25, 0.3) is 0 Å². The van der Waals surface area contributed by atoms with Gasteiger partial charge in [-0.05, 0) is 32.2 Å². The van der Waals surface area contributed by atoms with E-state index in [4.69, 9.17) is 10.2 Å². The Balaban J connectivity index is 2.52. The first kappa shape index (κ1) is 12.5. The fourth-order valence-corrected chi connectivity index (χ4v) is 2.17. The molecule has 2 atom stereocenters. The molecule has 0 bridgehead atoms. The zero-order valence-corrected chi connectivity index (χ0v) is 9.57. The number of aliphatic carboxylic acids is 1. The van der Waals surface area contributed by atoms with E-state index in [9.17, 15) is 4.79 Å². The largest absolute Gasteiger partial charge is 0.481 e. The van der Waals surface area contributed by atoms with Crippen molar-refractivity contribution in [3.63, 3.8) is 0 Å². The molecule has 2 unspecified atom stereocenters. The monoisotopic (exact) mass is 215 g/mol. The van der Waals surface area contributed by atoms with E-state index in [1.54, 1.807) is 0 Å². The summed E-state index contributed by atoms with van der Waals surface area (Å²) in [7, 11) is 0. The summed E-state index contributed by atoms with van der Waals surface area (Å²) in [5.41, 5.74) is -0.604. The van der Waals surface area contributed by atoms with Crippen LogP contribution in [0.4, 0.5) is 0 Å². The van der Waals surface area contributed by atoms with Gasteiger partial charge in [0.2, 0.25) is 0 Å². The molecule has 1 aliphatic rings. The maximum absolute atomic E-state index is 11.1. The van der Waals surface area contributed by atoms with E-state index in [1.165, 1.54) is 0 Å². The number of carbonyl (C=O) groups is 1. The number of nitrogens with zero attached hydrogens (tertiary/aromatic N) is 1. The van der Waals surface area contributed by atoms with Crippen LogP contribution in [-0.4, -0.2) is 47.3 Å². The van der Waals surface area contributed by atoms with Gasteiger partial charge in [-0.15, -0.1) is 0 Å². The first-order chi connectivity index (χ1) is 6.98. The molecule has 0 aromatic heterocycles. The van der Waals surface area contributed by atoms with Crippen LogP contribution >= 0.6 is 0 Å². The summed E-state index contributed by atoms with van der Waals surface area (Å²) in [6.45, 7) is 6.30. The van der Waals surface area contributed by atoms with Crippen LogP contribution in [0.5, 0.6) is 0 Å². The second-order valence-corrected chi connectivity index (χ2v) is 4.99. The third-order valence-electron chi connectivity index (χ3n) is 3.17. The Hall–Kier alpha value is -0.610. The van der Waals surface area contributed by atoms with Crippen LogP contribution in [0.1, 0.15) is 26.7 Å². The van der Waals surface area contributed by atoms with Crippen molar-refractivity contribution in [2.24, 2.45) is 11.3 Å². The minimum absolute atomic E-state index is 0.167. The molecule has 0 radical (unpaired) electrons. The minimum atomic E-state index is -0.705. The van der Waals surface area contributed by atoms with Gasteiger partial charge in [0, 0.05) is 19.7 Å². The van der Waals surface area contributed by atoms with Gasteiger partial charge in [-0.2, -0.15) is 0 Å². The van der Waals surface area contributed by atoms with E-state index in [1.807, 2.05) is 13.8 Å². The van der Waals surface area contributed by atoms with Gasteiger partial charge < -0.3 is 15.1 Å². The molecule has 1 fully saturated rings. The average Bonchev–Trinajstić information content (AvgIpc) is 2.17. The van der Waals surface area contributed by atoms with Gasteiger partial charge in [-0.3, -0.25) is 4.79 Å². The number of aliphatic hydroxyl groups excluding tert-OH is 1. The smallest absolute Gasteiger partial charge is 0.310 e. The summed E-state index contributed by atoms with van der Waals surface area (Å²) in [5.74, 6) is -0.481. The molecule has 88 valence electrons. The lowest BCUT2D eigenvalue weighted by molar-refractivity contribution is -0.151. The Morgan fingerprint density at radius 3 is 2.80 bits per heavy atom. The zero-order valence-electron chi connectivity index (χ0n) is 9.57. The molecule has 4 heteroatoms. The highest BCUT2D eigenvalue weighted by Crippen LogP contribution is 2.29. The predicted octanol–water partition coefficient (Wildman–Crippen LogP) is 0.802. The van der Waals surface area contributed by atoms with Gasteiger partial charge in [-0.1, -0.05) is 6.92 Å². The first-order valence-electron chi connectivity index (χ1n) is 5.54. The Morgan fingerprint density at radius 2 is 2.27 bits per heavy atom. The van der Waals surface area contributed by atoms with Gasteiger partial charge in [0.1, 0.15) is 0 Å². The van der Waals surface area contributed by atoms with Crippen molar-refractivity contribution < 1.29 is 15.0 Å². The van der Waals surface area contributed by atoms with Crippen LogP contribution in [0.25, 0.3) is 0 Å². The van der Waals surface area contributed by atoms with E-state index in [2.05, 4.69) is 4.90 Å². The second kappa shape index (κ2) is 4.94. The molecular formula is C11H21NO3. The topological polar surface area (TPSA) is 60.8 Å². The summed E-state index contributed by atoms with van der Waals surface area (Å²) in [6.07, 6.45) is 1.69. The van der Waals surface area contributed by atoms with E-state index in [0.717, 1.165) is 25.9 Å². The molecule has 0 spiro atoms. The Morgan fingerprint density at radius 1 is 1.60 bits per heavy atom. The third kappa shape index (κ3) is 3.18. The molecule has 0 saturated carbocycles. The van der Waals surface area contributed by atoms with Crippen LogP contribution < -0.4 is 0 Å². The maximum atomic E-state index is 11.1. The van der Waals surface area contributed by atoms with Gasteiger partial charge in [-0.25, -0.2) is 0 Å². The van der Waals surface area contributed by atoms with E-state index >= 15 is 0 Å². The molecule has 1 aliphatic heterocycles. The summed E-state index contributed by atoms with van der Waals surface area (Å²) in [5, 5.41) is 18.1. The van der Waals surface area contributed by atoms with Crippen molar-refractivity contribution in [2.75, 3.05) is 26.2 Å². The fourth-order valence-electron chi connectivity index (χ4n) is 2.17. The number of hydrogen-bond donors (Lipinski definition) is 2. The normalized spacial score (nSPS) is 30.1. The molecule has 4 nitrogen and oxygen atoms in total. The zero-order chi connectivity index (χ0) is 11.5. The average molecular weight is 215 g/mol. The Bertz CT molecular complexity index is 232. The quantitative estimate of drug-likeness (QED) is 0.728. The lowest BCUT2D eigenvalue weighted by Crippen LogP contribution is -2.47. The van der Waals surface area contributed by atoms with E-state index in [-0.39, 0.29) is 12.5 Å². The summed E-state index contributed by atoms with van der Waals surface area (Å²) in [6, 6.07) is 0. The number of hydrogen-bond acceptors (Lipinski definition) is 3. The van der Waals surface area contributed by atoms with Crippen molar-refractivity contribution in [1.29, 1.82) is 0 Å². The lowest BCUT2D eigenvalue weighted by Gasteiger charge is -2.38. The SMILES string of the molecule is CC(CO)CN1CCCC(C)(C(=O)O)C1. The highest BCUT2D eigenvalue weighted by molar-refractivity contribution is 5.74. The second-order valence-electron chi connectivity index (χ2n) is 4.99. The first-order valence-corrected chi connectivity index (χ1v) is 5.54. The Labute approximate surface area is 90.9 Å². The van der Waals surface area contributed by atoms with E-state index < -0.39 is 11.4 Å². The highest BCUT2D eigenvalue weighted by Gasteiger charge is 2.37. The van der Waals surface area contributed by atoms with Crippen molar-refractivity contribution in [1.82, 2.24) is 4.90 Å². The molecule has 15 heavy (non-hydrogen) atoms. The van der Waals surface area contributed by atoms with Crippen LogP contribution in [0.15, 0.2) is 0 Å². The van der Waals surface area contributed by atoms with Crippen LogP contribution in [0.3, 0.4) is 0 Å². The Kier molecular flexibility index (Phi) is 4.11. The molecular weight excluding hydrogens is 194 g/mol. The number of carboxylic acid groups (broad SMARTS) is 1. The number of likely N-dealkylation sites (tertiary alicyclic amines) is 1. The molecule has 1 rings (SSSR count). The number of aliphatic hydroxyl groups is 1. The molecule has 0 aromatic carbocycles. The molecule has 1 heterocycles. The molecule has 0 aliphatic carbocycles. The minimum Gasteiger partial charge on any atom is -0.481 e. The molecule has 1 saturated heterocycles. The number of piperidine rings is 1. The summed E-state index contributed by atoms with van der Waals surface area (Å²) in [4.78, 5) is 13.3.